The van der Waals surface area contributed by atoms with E-state index < -0.39 is 69.0 Å². The van der Waals surface area contributed by atoms with Gasteiger partial charge in [-0.05, 0) is 24.3 Å². The fraction of sp³-hybridized carbons (Fsp3) is 0.176. The van der Waals surface area contributed by atoms with Crippen LogP contribution >= 0.6 is 0 Å². The molecule has 1 unspecified atom stereocenters. The zero-order valence-electron chi connectivity index (χ0n) is 14.9. The standard InChI is InChI=1S/C17H12F6N2O4S/c1-29-8-25(13-6-5-9(7-12(13)19)30(28)17(21,22)23)16(27)24-15(26)10-3-2-4-11(18)14(10)20/h2-7H,8H2,1H3,(H,24,26,27). The highest BCUT2D eigenvalue weighted by atomic mass is 32.2. The molecule has 6 nitrogen and oxygen atoms in total. The molecule has 30 heavy (non-hydrogen) atoms. The van der Waals surface area contributed by atoms with E-state index in [0.29, 0.717) is 17.0 Å². The second-order valence-corrected chi connectivity index (χ2v) is 7.01. The van der Waals surface area contributed by atoms with Crippen molar-refractivity contribution < 1.29 is 45.2 Å². The third-order valence-electron chi connectivity index (χ3n) is 3.55. The highest BCUT2D eigenvalue weighted by Gasteiger charge is 2.46. The van der Waals surface area contributed by atoms with Gasteiger partial charge in [0.15, 0.2) is 22.3 Å². The van der Waals surface area contributed by atoms with Gasteiger partial charge in [0.05, 0.1) is 22.4 Å². The van der Waals surface area contributed by atoms with Crippen molar-refractivity contribution in [2.24, 2.45) is 0 Å². The Morgan fingerprint density at radius 3 is 2.37 bits per heavy atom. The average molecular weight is 454 g/mol. The largest absolute Gasteiger partial charge is 0.604 e. The van der Waals surface area contributed by atoms with Gasteiger partial charge in [-0.2, -0.15) is 0 Å². The van der Waals surface area contributed by atoms with Gasteiger partial charge in [0, 0.05) is 13.2 Å². The molecular formula is C17H12F6N2O4S. The molecule has 3 amide bonds. The summed E-state index contributed by atoms with van der Waals surface area (Å²) in [6, 6.07) is 3.02. The summed E-state index contributed by atoms with van der Waals surface area (Å²) in [5, 5.41) is 1.69. The summed E-state index contributed by atoms with van der Waals surface area (Å²) in [5.74, 6) is -5.59. The van der Waals surface area contributed by atoms with Gasteiger partial charge in [-0.3, -0.25) is 15.0 Å². The fourth-order valence-corrected chi connectivity index (χ4v) is 2.90. The average Bonchev–Trinajstić information content (AvgIpc) is 2.67. The molecule has 0 aliphatic rings. The number of anilines is 1. The molecule has 0 saturated carbocycles. The Bertz CT molecular complexity index is 956. The van der Waals surface area contributed by atoms with Gasteiger partial charge >= 0.3 is 11.5 Å². The van der Waals surface area contributed by atoms with Crippen LogP contribution in [0, 0.1) is 17.5 Å². The van der Waals surface area contributed by atoms with E-state index in [2.05, 4.69) is 0 Å². The van der Waals surface area contributed by atoms with E-state index in [1.165, 1.54) is 0 Å². The molecule has 162 valence electrons. The first-order valence-corrected chi connectivity index (χ1v) is 8.96. The van der Waals surface area contributed by atoms with Gasteiger partial charge in [-0.15, -0.1) is 13.2 Å². The lowest BCUT2D eigenvalue weighted by atomic mass is 10.2. The van der Waals surface area contributed by atoms with Crippen molar-refractivity contribution in [3.63, 3.8) is 0 Å². The Morgan fingerprint density at radius 1 is 1.13 bits per heavy atom. The van der Waals surface area contributed by atoms with Crippen LogP contribution in [0.3, 0.4) is 0 Å². The van der Waals surface area contributed by atoms with Crippen LogP contribution < -0.4 is 10.2 Å². The molecule has 0 fully saturated rings. The SMILES string of the molecule is COCN(C(=O)NC(=O)c1cccc(F)c1F)c1ccc([S+]([O-])C(F)(F)F)cc1F. The summed E-state index contributed by atoms with van der Waals surface area (Å²) in [6.07, 6.45) is 0. The zero-order chi connectivity index (χ0) is 22.6. The van der Waals surface area contributed by atoms with Gasteiger partial charge in [0.2, 0.25) is 0 Å². The van der Waals surface area contributed by atoms with Gasteiger partial charge < -0.3 is 9.29 Å². The Morgan fingerprint density at radius 2 is 1.80 bits per heavy atom. The van der Waals surface area contributed by atoms with Crippen molar-refractivity contribution in [1.29, 1.82) is 0 Å². The fourth-order valence-electron chi connectivity index (χ4n) is 2.23. The zero-order valence-corrected chi connectivity index (χ0v) is 15.7. The third kappa shape index (κ3) is 5.23. The lowest BCUT2D eigenvalue weighted by Gasteiger charge is -2.23. The van der Waals surface area contributed by atoms with Crippen molar-refractivity contribution >= 4 is 28.8 Å². The third-order valence-corrected chi connectivity index (χ3v) is 4.66. The maximum Gasteiger partial charge on any atom is 0.578 e. The number of carbonyl (C=O) groups excluding carboxylic acids is 2. The molecule has 0 bridgehead atoms. The predicted octanol–water partition coefficient (Wildman–Crippen LogP) is 3.69. The molecule has 1 N–H and O–H groups in total. The number of urea groups is 1. The van der Waals surface area contributed by atoms with Crippen molar-refractivity contribution in [3.8, 4) is 0 Å². The summed E-state index contributed by atoms with van der Waals surface area (Å²) < 4.78 is 94.9. The van der Waals surface area contributed by atoms with Crippen molar-refractivity contribution in [2.75, 3.05) is 18.7 Å². The molecule has 0 aliphatic heterocycles. The van der Waals surface area contributed by atoms with E-state index in [4.69, 9.17) is 4.74 Å². The molecule has 0 aliphatic carbocycles. The summed E-state index contributed by atoms with van der Waals surface area (Å²) in [4.78, 5) is 24.0. The highest BCUT2D eigenvalue weighted by Crippen LogP contribution is 2.32. The van der Waals surface area contributed by atoms with Crippen LogP contribution in [0.1, 0.15) is 10.4 Å². The minimum Gasteiger partial charge on any atom is -0.604 e. The van der Waals surface area contributed by atoms with E-state index in [1.807, 2.05) is 0 Å². The molecule has 13 heteroatoms. The van der Waals surface area contributed by atoms with Crippen LogP contribution in [0.25, 0.3) is 0 Å². The smallest absolute Gasteiger partial charge is 0.578 e. The topological polar surface area (TPSA) is 81.7 Å². The van der Waals surface area contributed by atoms with Gasteiger partial charge in [0.25, 0.3) is 5.91 Å². The quantitative estimate of drug-likeness (QED) is 0.425. The van der Waals surface area contributed by atoms with Gasteiger partial charge in [-0.25, -0.2) is 18.0 Å². The normalized spacial score (nSPS) is 12.4. The molecule has 0 spiro atoms. The van der Waals surface area contributed by atoms with Crippen molar-refractivity contribution in [1.82, 2.24) is 5.32 Å². The number of methoxy groups -OCH3 is 1. The van der Waals surface area contributed by atoms with Crippen molar-refractivity contribution in [3.05, 3.63) is 59.4 Å². The Kier molecular flexibility index (Phi) is 7.34. The number of amides is 3. The number of imide groups is 1. The number of halogens is 6. The van der Waals surface area contributed by atoms with E-state index in [-0.39, 0.29) is 0 Å². The number of alkyl halides is 3. The monoisotopic (exact) mass is 454 g/mol. The van der Waals surface area contributed by atoms with E-state index in [1.54, 1.807) is 5.32 Å². The molecular weight excluding hydrogens is 442 g/mol. The van der Waals surface area contributed by atoms with Gasteiger partial charge in [-0.1, -0.05) is 6.07 Å². The van der Waals surface area contributed by atoms with E-state index in [0.717, 1.165) is 31.4 Å². The first kappa shape index (κ1) is 23.5. The maximum absolute atomic E-state index is 14.3. The summed E-state index contributed by atoms with van der Waals surface area (Å²) in [5.41, 5.74) is -6.55. The number of nitrogens with zero attached hydrogens (tertiary/aromatic N) is 1. The second kappa shape index (κ2) is 9.36. The number of hydrogen-bond donors (Lipinski definition) is 1. The predicted molar refractivity (Wildman–Crippen MR) is 92.4 cm³/mol. The first-order valence-electron chi connectivity index (χ1n) is 7.81. The molecule has 0 saturated heterocycles. The molecule has 2 aromatic carbocycles. The maximum atomic E-state index is 14.3. The minimum absolute atomic E-state index is 0.308. The van der Waals surface area contributed by atoms with Crippen LogP contribution in [0.5, 0.6) is 0 Å². The van der Waals surface area contributed by atoms with Crippen LogP contribution in [0.15, 0.2) is 41.3 Å². The number of ether oxygens (including phenoxy) is 1. The first-order chi connectivity index (χ1) is 14.0. The Labute approximate surface area is 168 Å². The Hall–Kier alpha value is -2.77. The molecule has 0 heterocycles. The number of hydrogen-bond acceptors (Lipinski definition) is 4. The summed E-state index contributed by atoms with van der Waals surface area (Å²) in [6.45, 7) is -0.663. The van der Waals surface area contributed by atoms with Crippen LogP contribution in [-0.4, -0.2) is 35.8 Å². The minimum atomic E-state index is -5.13. The summed E-state index contributed by atoms with van der Waals surface area (Å²) >= 11 is -3.51. The second-order valence-electron chi connectivity index (χ2n) is 5.53. The number of carbonyl (C=O) groups is 2. The molecule has 2 aromatic rings. The van der Waals surface area contributed by atoms with E-state index >= 15 is 0 Å². The Balaban J connectivity index is 2.29. The van der Waals surface area contributed by atoms with Crippen LogP contribution in [0.2, 0.25) is 0 Å². The number of rotatable bonds is 5. The summed E-state index contributed by atoms with van der Waals surface area (Å²) in [7, 11) is 1.10. The number of benzene rings is 2. The molecule has 2 rings (SSSR count). The van der Waals surface area contributed by atoms with Gasteiger partial charge in [0.1, 0.15) is 6.73 Å². The highest BCUT2D eigenvalue weighted by molar-refractivity contribution is 7.92. The van der Waals surface area contributed by atoms with Crippen LogP contribution in [0.4, 0.5) is 36.8 Å². The van der Waals surface area contributed by atoms with E-state index in [9.17, 15) is 40.5 Å². The van der Waals surface area contributed by atoms with Crippen LogP contribution in [-0.2, 0) is 15.9 Å². The lowest BCUT2D eigenvalue weighted by Crippen LogP contribution is -2.44. The molecule has 0 radical (unpaired) electrons. The molecule has 0 aromatic heterocycles. The lowest BCUT2D eigenvalue weighted by molar-refractivity contribution is -0.0435. The number of nitrogens with one attached hydrogen (secondary N) is 1. The molecule has 1 atom stereocenters. The van der Waals surface area contributed by atoms with Crippen molar-refractivity contribution in [2.45, 2.75) is 10.4 Å².